The summed E-state index contributed by atoms with van der Waals surface area (Å²) in [5.74, 6) is 0. The quantitative estimate of drug-likeness (QED) is 0.544. The molecule has 0 atom stereocenters. The molecule has 6 nitrogen and oxygen atoms in total. The van der Waals surface area contributed by atoms with Gasteiger partial charge in [-0.25, -0.2) is 4.79 Å². The van der Waals surface area contributed by atoms with Gasteiger partial charge in [-0.15, -0.1) is 0 Å². The number of rotatable bonds is 5. The zero-order valence-electron chi connectivity index (χ0n) is 10.5. The van der Waals surface area contributed by atoms with Gasteiger partial charge in [0.2, 0.25) is 0 Å². The highest BCUT2D eigenvalue weighted by molar-refractivity contribution is 6.31. The topological polar surface area (TPSA) is 102 Å². The van der Waals surface area contributed by atoms with E-state index in [0.717, 1.165) is 5.56 Å². The van der Waals surface area contributed by atoms with E-state index in [1.807, 2.05) is 6.92 Å². The standard InChI is InChI=1S/C12H17ClN2O4/c1-8-2-3-9(4-10(8)13)14-11(19)15-12(5-16,6-17)7-18/h2-4,16-18H,5-7H2,1H3,(H2,14,15,19). The molecule has 1 aromatic carbocycles. The van der Waals surface area contributed by atoms with Crippen LogP contribution in [0.4, 0.5) is 10.5 Å². The number of aliphatic hydroxyl groups excluding tert-OH is 3. The van der Waals surface area contributed by atoms with Crippen LogP contribution in [0.3, 0.4) is 0 Å². The lowest BCUT2D eigenvalue weighted by atomic mass is 10.0. The molecule has 1 rings (SSSR count). The smallest absolute Gasteiger partial charge is 0.319 e. The third kappa shape index (κ3) is 4.07. The number of amides is 2. The Kier molecular flexibility index (Phi) is 5.56. The summed E-state index contributed by atoms with van der Waals surface area (Å²) in [6.45, 7) is 0.0900. The first-order valence-corrected chi connectivity index (χ1v) is 6.02. The first-order valence-electron chi connectivity index (χ1n) is 5.64. The minimum atomic E-state index is -1.46. The van der Waals surface area contributed by atoms with Gasteiger partial charge in [0.05, 0.1) is 19.8 Å². The Labute approximate surface area is 116 Å². The van der Waals surface area contributed by atoms with Gasteiger partial charge in [-0.2, -0.15) is 0 Å². The predicted octanol–water partition coefficient (Wildman–Crippen LogP) is 0.486. The van der Waals surface area contributed by atoms with Crippen molar-refractivity contribution in [1.82, 2.24) is 5.32 Å². The number of carbonyl (C=O) groups excluding carboxylic acids is 1. The zero-order valence-corrected chi connectivity index (χ0v) is 11.2. The van der Waals surface area contributed by atoms with Crippen molar-refractivity contribution in [2.24, 2.45) is 0 Å². The fourth-order valence-electron chi connectivity index (χ4n) is 1.34. The molecule has 0 aliphatic carbocycles. The highest BCUT2D eigenvalue weighted by Gasteiger charge is 2.29. The van der Waals surface area contributed by atoms with E-state index < -0.39 is 31.4 Å². The molecule has 0 radical (unpaired) electrons. The van der Waals surface area contributed by atoms with Gasteiger partial charge < -0.3 is 26.0 Å². The first kappa shape index (κ1) is 15.7. The van der Waals surface area contributed by atoms with Crippen molar-refractivity contribution in [3.05, 3.63) is 28.8 Å². The Balaban J connectivity index is 2.71. The number of benzene rings is 1. The SMILES string of the molecule is Cc1ccc(NC(=O)NC(CO)(CO)CO)cc1Cl. The summed E-state index contributed by atoms with van der Waals surface area (Å²) in [7, 11) is 0. The van der Waals surface area contributed by atoms with Gasteiger partial charge in [-0.1, -0.05) is 17.7 Å². The Morgan fingerprint density at radius 1 is 1.26 bits per heavy atom. The van der Waals surface area contributed by atoms with Crippen LogP contribution in [-0.4, -0.2) is 46.7 Å². The van der Waals surface area contributed by atoms with E-state index >= 15 is 0 Å². The molecule has 1 aromatic rings. The first-order chi connectivity index (χ1) is 8.96. The number of hydrogen-bond donors (Lipinski definition) is 5. The average Bonchev–Trinajstić information content (AvgIpc) is 2.40. The molecule has 0 fully saturated rings. The van der Waals surface area contributed by atoms with Gasteiger partial charge in [0, 0.05) is 10.7 Å². The normalized spacial score (nSPS) is 11.2. The maximum atomic E-state index is 11.7. The summed E-state index contributed by atoms with van der Waals surface area (Å²) in [5.41, 5.74) is -0.114. The molecule has 0 heterocycles. The van der Waals surface area contributed by atoms with Crippen molar-refractivity contribution in [2.75, 3.05) is 25.1 Å². The summed E-state index contributed by atoms with van der Waals surface area (Å²) in [5, 5.41) is 32.6. The van der Waals surface area contributed by atoms with Crippen LogP contribution in [0.1, 0.15) is 5.56 Å². The second-order valence-corrected chi connectivity index (χ2v) is 4.70. The van der Waals surface area contributed by atoms with Gasteiger partial charge in [-0.05, 0) is 24.6 Å². The molecular formula is C12H17ClN2O4. The van der Waals surface area contributed by atoms with Crippen molar-refractivity contribution in [1.29, 1.82) is 0 Å². The highest BCUT2D eigenvalue weighted by atomic mass is 35.5. The van der Waals surface area contributed by atoms with E-state index in [4.69, 9.17) is 26.9 Å². The number of anilines is 1. The number of aliphatic hydroxyl groups is 3. The third-order valence-electron chi connectivity index (χ3n) is 2.72. The summed E-state index contributed by atoms with van der Waals surface area (Å²) < 4.78 is 0. The molecule has 0 bridgehead atoms. The van der Waals surface area contributed by atoms with Crippen molar-refractivity contribution < 1.29 is 20.1 Å². The molecule has 19 heavy (non-hydrogen) atoms. The molecule has 2 amide bonds. The lowest BCUT2D eigenvalue weighted by Crippen LogP contribution is -2.58. The predicted molar refractivity (Wildman–Crippen MR) is 72.3 cm³/mol. The maximum Gasteiger partial charge on any atom is 0.319 e. The van der Waals surface area contributed by atoms with Gasteiger partial charge in [-0.3, -0.25) is 0 Å². The van der Waals surface area contributed by atoms with Crippen LogP contribution in [0, 0.1) is 6.92 Å². The zero-order chi connectivity index (χ0) is 14.5. The number of urea groups is 1. The van der Waals surface area contributed by atoms with Crippen LogP contribution >= 0.6 is 11.6 Å². The number of nitrogens with one attached hydrogen (secondary N) is 2. The van der Waals surface area contributed by atoms with E-state index in [0.29, 0.717) is 10.7 Å². The molecule has 0 aliphatic heterocycles. The van der Waals surface area contributed by atoms with Crippen LogP contribution < -0.4 is 10.6 Å². The molecular weight excluding hydrogens is 272 g/mol. The molecule has 0 saturated carbocycles. The summed E-state index contributed by atoms with van der Waals surface area (Å²) in [6.07, 6.45) is 0. The number of halogens is 1. The molecule has 0 saturated heterocycles. The van der Waals surface area contributed by atoms with Gasteiger partial charge in [0.1, 0.15) is 5.54 Å². The Morgan fingerprint density at radius 2 is 1.84 bits per heavy atom. The van der Waals surface area contributed by atoms with Crippen LogP contribution in [0.25, 0.3) is 0 Å². The lowest BCUT2D eigenvalue weighted by Gasteiger charge is -2.28. The van der Waals surface area contributed by atoms with Gasteiger partial charge in [0.25, 0.3) is 0 Å². The van der Waals surface area contributed by atoms with E-state index in [1.165, 1.54) is 0 Å². The number of carbonyl (C=O) groups is 1. The Bertz CT molecular complexity index is 441. The summed E-state index contributed by atoms with van der Waals surface area (Å²) in [4.78, 5) is 11.7. The van der Waals surface area contributed by atoms with Crippen LogP contribution in [0.2, 0.25) is 5.02 Å². The van der Waals surface area contributed by atoms with Crippen molar-refractivity contribution in [2.45, 2.75) is 12.5 Å². The second-order valence-electron chi connectivity index (χ2n) is 4.30. The minimum absolute atomic E-state index is 0.468. The van der Waals surface area contributed by atoms with E-state index in [9.17, 15) is 4.79 Å². The van der Waals surface area contributed by atoms with Gasteiger partial charge in [0.15, 0.2) is 0 Å². The van der Waals surface area contributed by atoms with Crippen molar-refractivity contribution in [3.8, 4) is 0 Å². The van der Waals surface area contributed by atoms with Crippen molar-refractivity contribution >= 4 is 23.3 Å². The molecule has 7 heteroatoms. The van der Waals surface area contributed by atoms with Crippen LogP contribution in [0.15, 0.2) is 18.2 Å². The van der Waals surface area contributed by atoms with Crippen molar-refractivity contribution in [3.63, 3.8) is 0 Å². The largest absolute Gasteiger partial charge is 0.394 e. The fraction of sp³-hybridized carbons (Fsp3) is 0.417. The molecule has 0 unspecified atom stereocenters. The monoisotopic (exact) mass is 288 g/mol. The number of aryl methyl sites for hydroxylation is 1. The Hall–Kier alpha value is -1.34. The van der Waals surface area contributed by atoms with Crippen LogP contribution in [-0.2, 0) is 0 Å². The highest BCUT2D eigenvalue weighted by Crippen LogP contribution is 2.19. The average molecular weight is 289 g/mol. The molecule has 106 valence electrons. The summed E-state index contributed by atoms with van der Waals surface area (Å²) >= 11 is 5.92. The van der Waals surface area contributed by atoms with E-state index in [2.05, 4.69) is 10.6 Å². The van der Waals surface area contributed by atoms with E-state index in [1.54, 1.807) is 18.2 Å². The Morgan fingerprint density at radius 3 is 2.32 bits per heavy atom. The lowest BCUT2D eigenvalue weighted by molar-refractivity contribution is 0.0507. The third-order valence-corrected chi connectivity index (χ3v) is 3.12. The number of hydrogen-bond acceptors (Lipinski definition) is 4. The van der Waals surface area contributed by atoms with E-state index in [-0.39, 0.29) is 0 Å². The van der Waals surface area contributed by atoms with Gasteiger partial charge >= 0.3 is 6.03 Å². The second kappa shape index (κ2) is 6.72. The molecule has 0 aliphatic rings. The fourth-order valence-corrected chi connectivity index (χ4v) is 1.52. The molecule has 5 N–H and O–H groups in total. The maximum absolute atomic E-state index is 11.7. The molecule has 0 spiro atoms. The van der Waals surface area contributed by atoms with Crippen LogP contribution in [0.5, 0.6) is 0 Å². The molecule has 0 aromatic heterocycles. The minimum Gasteiger partial charge on any atom is -0.394 e. The summed E-state index contributed by atoms with van der Waals surface area (Å²) in [6, 6.07) is 4.33.